The van der Waals surface area contributed by atoms with Crippen LogP contribution in [0.3, 0.4) is 0 Å². The van der Waals surface area contributed by atoms with E-state index in [4.69, 9.17) is 11.6 Å². The van der Waals surface area contributed by atoms with E-state index in [1.165, 1.54) is 5.56 Å². The van der Waals surface area contributed by atoms with Gasteiger partial charge in [-0.2, -0.15) is 0 Å². The predicted octanol–water partition coefficient (Wildman–Crippen LogP) is 2.46. The zero-order valence-electron chi connectivity index (χ0n) is 9.50. The lowest BCUT2D eigenvalue weighted by molar-refractivity contribution is 0.138. The average molecular weight is 228 g/mol. The molecule has 0 heterocycles. The molecule has 1 unspecified atom stereocenters. The molecule has 0 fully saturated rings. The molecule has 2 nitrogen and oxygen atoms in total. The highest BCUT2D eigenvalue weighted by Crippen LogP contribution is 2.17. The van der Waals surface area contributed by atoms with Gasteiger partial charge in [0.15, 0.2) is 0 Å². The van der Waals surface area contributed by atoms with Gasteiger partial charge in [0.05, 0.1) is 6.10 Å². The molecule has 1 atom stereocenters. The molecule has 0 aliphatic carbocycles. The van der Waals surface area contributed by atoms with Gasteiger partial charge in [-0.25, -0.2) is 0 Å². The lowest BCUT2D eigenvalue weighted by Gasteiger charge is -2.18. The van der Waals surface area contributed by atoms with Gasteiger partial charge in [0.2, 0.25) is 0 Å². The molecule has 1 N–H and O–H groups in total. The van der Waals surface area contributed by atoms with Crippen LogP contribution in [0, 0.1) is 6.92 Å². The first-order valence-electron chi connectivity index (χ1n) is 5.10. The number of hydrogen-bond donors (Lipinski definition) is 1. The van der Waals surface area contributed by atoms with Crippen LogP contribution in [0.25, 0.3) is 0 Å². The third-order valence-electron chi connectivity index (χ3n) is 2.25. The summed E-state index contributed by atoms with van der Waals surface area (Å²) in [5.74, 6) is 0. The third-order valence-corrected chi connectivity index (χ3v) is 2.67. The quantitative estimate of drug-likeness (QED) is 0.854. The largest absolute Gasteiger partial charge is 0.392 e. The van der Waals surface area contributed by atoms with Gasteiger partial charge in [0.25, 0.3) is 0 Å². The van der Waals surface area contributed by atoms with E-state index in [2.05, 4.69) is 11.0 Å². The van der Waals surface area contributed by atoms with E-state index in [0.717, 1.165) is 17.1 Å². The minimum Gasteiger partial charge on any atom is -0.392 e. The Morgan fingerprint density at radius 2 is 2.13 bits per heavy atom. The Kier molecular flexibility index (Phi) is 4.58. The van der Waals surface area contributed by atoms with Gasteiger partial charge < -0.3 is 5.11 Å². The minimum absolute atomic E-state index is 0.289. The molecule has 15 heavy (non-hydrogen) atoms. The van der Waals surface area contributed by atoms with E-state index in [0.29, 0.717) is 6.54 Å². The molecule has 0 saturated carbocycles. The minimum atomic E-state index is -0.289. The lowest BCUT2D eigenvalue weighted by Crippen LogP contribution is -2.26. The number of rotatable bonds is 4. The molecule has 84 valence electrons. The normalized spacial score (nSPS) is 13.2. The maximum absolute atomic E-state index is 9.24. The predicted molar refractivity (Wildman–Crippen MR) is 64.2 cm³/mol. The molecule has 0 bridgehead atoms. The molecule has 1 aromatic carbocycles. The number of benzene rings is 1. The number of halogens is 1. The molecule has 0 saturated heterocycles. The molecule has 0 radical (unpaired) electrons. The van der Waals surface area contributed by atoms with Crippen LogP contribution >= 0.6 is 11.6 Å². The van der Waals surface area contributed by atoms with Crippen LogP contribution in [-0.4, -0.2) is 29.7 Å². The van der Waals surface area contributed by atoms with Crippen LogP contribution in [0.4, 0.5) is 0 Å². The summed E-state index contributed by atoms with van der Waals surface area (Å²) < 4.78 is 0. The second kappa shape index (κ2) is 5.50. The van der Waals surface area contributed by atoms with Crippen LogP contribution in [0.1, 0.15) is 18.1 Å². The lowest BCUT2D eigenvalue weighted by atomic mass is 10.1. The van der Waals surface area contributed by atoms with Crippen molar-refractivity contribution in [2.24, 2.45) is 0 Å². The number of aliphatic hydroxyl groups is 1. The van der Waals surface area contributed by atoms with Crippen molar-refractivity contribution in [2.75, 3.05) is 13.6 Å². The smallest absolute Gasteiger partial charge is 0.0639 e. The Morgan fingerprint density at radius 3 is 2.67 bits per heavy atom. The summed E-state index contributed by atoms with van der Waals surface area (Å²) in [6.07, 6.45) is -0.289. The molecule has 1 rings (SSSR count). The van der Waals surface area contributed by atoms with Gasteiger partial charge in [0, 0.05) is 18.1 Å². The molecule has 3 heteroatoms. The van der Waals surface area contributed by atoms with Crippen molar-refractivity contribution in [3.05, 3.63) is 34.3 Å². The second-order valence-electron chi connectivity index (χ2n) is 4.13. The van der Waals surface area contributed by atoms with Crippen molar-refractivity contribution < 1.29 is 5.11 Å². The number of nitrogens with zero attached hydrogens (tertiary/aromatic N) is 1. The number of likely N-dealkylation sites (N-methyl/N-ethyl adjacent to an activating group) is 1. The van der Waals surface area contributed by atoms with Crippen LogP contribution in [0.2, 0.25) is 5.02 Å². The van der Waals surface area contributed by atoms with Gasteiger partial charge in [0.1, 0.15) is 0 Å². The van der Waals surface area contributed by atoms with Crippen molar-refractivity contribution in [1.82, 2.24) is 4.90 Å². The number of hydrogen-bond acceptors (Lipinski definition) is 2. The molecular weight excluding hydrogens is 210 g/mol. The maximum atomic E-state index is 9.24. The zero-order valence-corrected chi connectivity index (χ0v) is 10.3. The van der Waals surface area contributed by atoms with Gasteiger partial charge in [-0.3, -0.25) is 4.90 Å². The van der Waals surface area contributed by atoms with Crippen molar-refractivity contribution in [3.8, 4) is 0 Å². The van der Waals surface area contributed by atoms with E-state index >= 15 is 0 Å². The highest BCUT2D eigenvalue weighted by atomic mass is 35.5. The van der Waals surface area contributed by atoms with Crippen molar-refractivity contribution in [3.63, 3.8) is 0 Å². The fourth-order valence-corrected chi connectivity index (χ4v) is 1.75. The highest BCUT2D eigenvalue weighted by molar-refractivity contribution is 6.31. The molecule has 0 aliphatic heterocycles. The third kappa shape index (κ3) is 4.20. The Hall–Kier alpha value is -0.570. The standard InChI is InChI=1S/C12H18ClNO/c1-9-6-11(4-5-12(9)13)8-14(3)7-10(2)15/h4-6,10,15H,7-8H2,1-3H3. The highest BCUT2D eigenvalue weighted by Gasteiger charge is 2.04. The Labute approximate surface area is 96.5 Å². The summed E-state index contributed by atoms with van der Waals surface area (Å²) in [6, 6.07) is 6.02. The Balaban J connectivity index is 2.60. The van der Waals surface area contributed by atoms with Crippen LogP contribution in [-0.2, 0) is 6.54 Å². The van der Waals surface area contributed by atoms with E-state index in [-0.39, 0.29) is 6.10 Å². The molecule has 0 aliphatic rings. The van der Waals surface area contributed by atoms with Crippen LogP contribution in [0.15, 0.2) is 18.2 Å². The van der Waals surface area contributed by atoms with E-state index < -0.39 is 0 Å². The Morgan fingerprint density at radius 1 is 1.47 bits per heavy atom. The molecule has 0 aromatic heterocycles. The molecule has 1 aromatic rings. The van der Waals surface area contributed by atoms with Crippen LogP contribution < -0.4 is 0 Å². The summed E-state index contributed by atoms with van der Waals surface area (Å²) in [4.78, 5) is 2.09. The summed E-state index contributed by atoms with van der Waals surface area (Å²) in [5.41, 5.74) is 2.32. The first-order valence-corrected chi connectivity index (χ1v) is 5.48. The molecule has 0 amide bonds. The SMILES string of the molecule is Cc1cc(CN(C)CC(C)O)ccc1Cl. The van der Waals surface area contributed by atoms with E-state index in [1.807, 2.05) is 26.1 Å². The van der Waals surface area contributed by atoms with Gasteiger partial charge in [-0.1, -0.05) is 23.7 Å². The van der Waals surface area contributed by atoms with Gasteiger partial charge in [-0.05, 0) is 38.1 Å². The van der Waals surface area contributed by atoms with Gasteiger partial charge in [-0.15, -0.1) is 0 Å². The topological polar surface area (TPSA) is 23.5 Å². The summed E-state index contributed by atoms with van der Waals surface area (Å²) in [5, 5.41) is 10.0. The summed E-state index contributed by atoms with van der Waals surface area (Å²) in [6.45, 7) is 5.31. The summed E-state index contributed by atoms with van der Waals surface area (Å²) in [7, 11) is 2.00. The first kappa shape index (κ1) is 12.5. The van der Waals surface area contributed by atoms with Crippen molar-refractivity contribution >= 4 is 11.6 Å². The van der Waals surface area contributed by atoms with E-state index in [1.54, 1.807) is 6.92 Å². The van der Waals surface area contributed by atoms with E-state index in [9.17, 15) is 5.11 Å². The maximum Gasteiger partial charge on any atom is 0.0639 e. The number of aryl methyl sites for hydroxylation is 1. The van der Waals surface area contributed by atoms with Crippen molar-refractivity contribution in [2.45, 2.75) is 26.5 Å². The molecular formula is C12H18ClNO. The fraction of sp³-hybridized carbons (Fsp3) is 0.500. The molecule has 0 spiro atoms. The van der Waals surface area contributed by atoms with Gasteiger partial charge >= 0.3 is 0 Å². The monoisotopic (exact) mass is 227 g/mol. The number of aliphatic hydroxyl groups excluding tert-OH is 1. The first-order chi connectivity index (χ1) is 6.99. The average Bonchev–Trinajstić information content (AvgIpc) is 2.10. The fourth-order valence-electron chi connectivity index (χ4n) is 1.63. The van der Waals surface area contributed by atoms with Crippen molar-refractivity contribution in [1.29, 1.82) is 0 Å². The Bertz CT molecular complexity index is 325. The summed E-state index contributed by atoms with van der Waals surface area (Å²) >= 11 is 5.95. The zero-order chi connectivity index (χ0) is 11.4. The van der Waals surface area contributed by atoms with Crippen LogP contribution in [0.5, 0.6) is 0 Å². The second-order valence-corrected chi connectivity index (χ2v) is 4.54.